The summed E-state index contributed by atoms with van der Waals surface area (Å²) in [5, 5.41) is 0. The number of rotatable bonds is 3. The zero-order chi connectivity index (χ0) is 14.8. The lowest BCUT2D eigenvalue weighted by Crippen LogP contribution is -2.40. The van der Waals surface area contributed by atoms with E-state index in [1.54, 1.807) is 6.92 Å². The summed E-state index contributed by atoms with van der Waals surface area (Å²) < 4.78 is 0.911. The van der Waals surface area contributed by atoms with E-state index in [1.165, 1.54) is 44.5 Å². The summed E-state index contributed by atoms with van der Waals surface area (Å²) in [6, 6.07) is 6.82. The van der Waals surface area contributed by atoms with Crippen molar-refractivity contribution < 1.29 is 4.79 Å². The fraction of sp³-hybridized carbons (Fsp3) is 0.588. The number of likely N-dealkylation sites (tertiary alicyclic amines) is 1. The van der Waals surface area contributed by atoms with Crippen LogP contribution in [0.3, 0.4) is 0 Å². The van der Waals surface area contributed by atoms with Crippen LogP contribution < -0.4 is 4.90 Å². The monoisotopic (exact) mass is 350 g/mol. The Morgan fingerprint density at radius 1 is 1.19 bits per heavy atom. The highest BCUT2D eigenvalue weighted by molar-refractivity contribution is 9.10. The second-order valence-corrected chi connectivity index (χ2v) is 7.06. The number of anilines is 1. The predicted octanol–water partition coefficient (Wildman–Crippen LogP) is 3.72. The van der Waals surface area contributed by atoms with Crippen LogP contribution in [0.15, 0.2) is 22.7 Å². The SMILES string of the molecule is CC(=O)c1ccc(N2CCC(N3CCCCC3)C2)cc1Br. The van der Waals surface area contributed by atoms with Gasteiger partial charge in [0.25, 0.3) is 0 Å². The van der Waals surface area contributed by atoms with Crippen molar-refractivity contribution >= 4 is 27.4 Å². The van der Waals surface area contributed by atoms with Gasteiger partial charge in [-0.3, -0.25) is 9.69 Å². The normalized spacial score (nSPS) is 23.5. The molecule has 0 saturated carbocycles. The number of hydrogen-bond donors (Lipinski definition) is 0. The maximum atomic E-state index is 11.5. The Hall–Kier alpha value is -0.870. The van der Waals surface area contributed by atoms with E-state index in [1.807, 2.05) is 6.07 Å². The van der Waals surface area contributed by atoms with Gasteiger partial charge in [-0.1, -0.05) is 6.42 Å². The highest BCUT2D eigenvalue weighted by Gasteiger charge is 2.28. The third-order valence-corrected chi connectivity index (χ3v) is 5.42. The molecule has 1 aromatic rings. The molecule has 2 heterocycles. The third kappa shape index (κ3) is 3.32. The molecule has 0 N–H and O–H groups in total. The van der Waals surface area contributed by atoms with Crippen LogP contribution in [0, 0.1) is 0 Å². The summed E-state index contributed by atoms with van der Waals surface area (Å²) >= 11 is 3.53. The van der Waals surface area contributed by atoms with Crippen LogP contribution in [-0.2, 0) is 0 Å². The van der Waals surface area contributed by atoms with Crippen LogP contribution in [0.5, 0.6) is 0 Å². The van der Waals surface area contributed by atoms with Crippen LogP contribution in [0.25, 0.3) is 0 Å². The van der Waals surface area contributed by atoms with Gasteiger partial charge in [-0.05, 0) is 73.4 Å². The van der Waals surface area contributed by atoms with Crippen molar-refractivity contribution in [2.45, 2.75) is 38.6 Å². The minimum absolute atomic E-state index is 0.112. The van der Waals surface area contributed by atoms with Crippen LogP contribution in [0.4, 0.5) is 5.69 Å². The zero-order valence-electron chi connectivity index (χ0n) is 12.6. The Morgan fingerprint density at radius 3 is 2.62 bits per heavy atom. The molecule has 21 heavy (non-hydrogen) atoms. The zero-order valence-corrected chi connectivity index (χ0v) is 14.2. The first kappa shape index (κ1) is 15.0. The number of piperidine rings is 1. The van der Waals surface area contributed by atoms with Gasteiger partial charge in [0.15, 0.2) is 5.78 Å². The minimum atomic E-state index is 0.112. The molecular weight excluding hydrogens is 328 g/mol. The molecule has 1 unspecified atom stereocenters. The first-order valence-corrected chi connectivity index (χ1v) is 8.74. The first-order valence-electron chi connectivity index (χ1n) is 7.94. The van der Waals surface area contributed by atoms with Crippen LogP contribution in [0.1, 0.15) is 43.0 Å². The number of carbonyl (C=O) groups excluding carboxylic acids is 1. The molecule has 3 rings (SSSR count). The molecule has 0 amide bonds. The van der Waals surface area contributed by atoms with Crippen molar-refractivity contribution in [1.82, 2.24) is 4.90 Å². The van der Waals surface area contributed by atoms with E-state index < -0.39 is 0 Å². The van der Waals surface area contributed by atoms with Gasteiger partial charge >= 0.3 is 0 Å². The number of halogens is 1. The predicted molar refractivity (Wildman–Crippen MR) is 90.2 cm³/mol. The lowest BCUT2D eigenvalue weighted by molar-refractivity contribution is 0.101. The van der Waals surface area contributed by atoms with Crippen molar-refractivity contribution in [3.63, 3.8) is 0 Å². The van der Waals surface area contributed by atoms with Crippen molar-refractivity contribution in [1.29, 1.82) is 0 Å². The van der Waals surface area contributed by atoms with Gasteiger partial charge in [-0.2, -0.15) is 0 Å². The average Bonchev–Trinajstić information content (AvgIpc) is 2.97. The van der Waals surface area contributed by atoms with Gasteiger partial charge in [-0.25, -0.2) is 0 Å². The van der Waals surface area contributed by atoms with Crippen LogP contribution in [-0.4, -0.2) is 42.9 Å². The van der Waals surface area contributed by atoms with Gasteiger partial charge in [-0.15, -0.1) is 0 Å². The fourth-order valence-corrected chi connectivity index (χ4v) is 4.19. The van der Waals surface area contributed by atoms with Crippen molar-refractivity contribution in [2.75, 3.05) is 31.1 Å². The smallest absolute Gasteiger partial charge is 0.160 e. The van der Waals surface area contributed by atoms with Crippen molar-refractivity contribution in [3.8, 4) is 0 Å². The topological polar surface area (TPSA) is 23.6 Å². The van der Waals surface area contributed by atoms with Gasteiger partial charge in [0.05, 0.1) is 0 Å². The number of nitrogens with zero attached hydrogens (tertiary/aromatic N) is 2. The van der Waals surface area contributed by atoms with E-state index >= 15 is 0 Å². The quantitative estimate of drug-likeness (QED) is 0.776. The number of benzene rings is 1. The molecule has 2 aliphatic rings. The molecule has 0 aliphatic carbocycles. The standard InChI is InChI=1S/C17H23BrN2O/c1-13(21)16-6-5-14(11-17(16)18)20-10-7-15(12-20)19-8-3-2-4-9-19/h5-6,11,15H,2-4,7-10,12H2,1H3. The highest BCUT2D eigenvalue weighted by atomic mass is 79.9. The molecule has 4 heteroatoms. The molecule has 1 atom stereocenters. The summed E-state index contributed by atoms with van der Waals surface area (Å²) in [6.45, 7) is 6.39. The van der Waals surface area contributed by atoms with E-state index in [4.69, 9.17) is 0 Å². The number of ketones is 1. The number of Topliss-reactive ketones (excluding diaryl/α,β-unsaturated/α-hetero) is 1. The average molecular weight is 351 g/mol. The van der Waals surface area contributed by atoms with Gasteiger partial charge in [0.2, 0.25) is 0 Å². The second kappa shape index (κ2) is 6.49. The summed E-state index contributed by atoms with van der Waals surface area (Å²) in [5.41, 5.74) is 2.00. The third-order valence-electron chi connectivity index (χ3n) is 4.77. The summed E-state index contributed by atoms with van der Waals surface area (Å²) in [5.74, 6) is 0.112. The summed E-state index contributed by atoms with van der Waals surface area (Å²) in [6.07, 6.45) is 5.36. The molecule has 114 valence electrons. The Morgan fingerprint density at radius 2 is 1.95 bits per heavy atom. The van der Waals surface area contributed by atoms with Gasteiger partial charge in [0.1, 0.15) is 0 Å². The minimum Gasteiger partial charge on any atom is -0.370 e. The maximum Gasteiger partial charge on any atom is 0.160 e. The Balaban J connectivity index is 1.68. The van der Waals surface area contributed by atoms with E-state index in [0.29, 0.717) is 6.04 Å². The van der Waals surface area contributed by atoms with Gasteiger partial charge in [0, 0.05) is 34.9 Å². The number of carbonyl (C=O) groups is 1. The van der Waals surface area contributed by atoms with Crippen molar-refractivity contribution in [3.05, 3.63) is 28.2 Å². The summed E-state index contributed by atoms with van der Waals surface area (Å²) in [4.78, 5) is 16.6. The molecule has 0 aromatic heterocycles. The maximum absolute atomic E-state index is 11.5. The van der Waals surface area contributed by atoms with Crippen LogP contribution in [0.2, 0.25) is 0 Å². The molecule has 0 bridgehead atoms. The molecule has 0 radical (unpaired) electrons. The molecular formula is C17H23BrN2O. The molecule has 2 aliphatic heterocycles. The molecule has 3 nitrogen and oxygen atoms in total. The molecule has 2 fully saturated rings. The number of hydrogen-bond acceptors (Lipinski definition) is 3. The largest absolute Gasteiger partial charge is 0.370 e. The van der Waals surface area contributed by atoms with Gasteiger partial charge < -0.3 is 4.90 Å². The van der Waals surface area contributed by atoms with E-state index in [2.05, 4.69) is 37.9 Å². The Bertz CT molecular complexity index is 526. The molecule has 2 saturated heterocycles. The fourth-order valence-electron chi connectivity index (χ4n) is 3.54. The van der Waals surface area contributed by atoms with Crippen LogP contribution >= 0.6 is 15.9 Å². The Labute approximate surface area is 135 Å². The lowest BCUT2D eigenvalue weighted by Gasteiger charge is -2.32. The molecule has 1 aromatic carbocycles. The Kier molecular flexibility index (Phi) is 4.65. The lowest BCUT2D eigenvalue weighted by atomic mass is 10.1. The van der Waals surface area contributed by atoms with E-state index in [-0.39, 0.29) is 5.78 Å². The van der Waals surface area contributed by atoms with E-state index in [0.717, 1.165) is 23.1 Å². The highest BCUT2D eigenvalue weighted by Crippen LogP contribution is 2.29. The molecule has 0 spiro atoms. The van der Waals surface area contributed by atoms with E-state index in [9.17, 15) is 4.79 Å². The van der Waals surface area contributed by atoms with Crippen molar-refractivity contribution in [2.24, 2.45) is 0 Å². The summed E-state index contributed by atoms with van der Waals surface area (Å²) in [7, 11) is 0. The second-order valence-electron chi connectivity index (χ2n) is 6.21. The first-order chi connectivity index (χ1) is 10.1.